The Bertz CT molecular complexity index is 793. The fraction of sp³-hybridized carbons (Fsp3) is 0.625. The van der Waals surface area contributed by atoms with E-state index in [0.29, 0.717) is 30.7 Å². The maximum Gasteiger partial charge on any atom is 0.243 e. The molecule has 0 aromatic heterocycles. The molecule has 2 aliphatic rings. The van der Waals surface area contributed by atoms with E-state index in [4.69, 9.17) is 4.74 Å². The van der Waals surface area contributed by atoms with Crippen LogP contribution in [0.25, 0.3) is 0 Å². The Morgan fingerprint density at radius 2 is 1.68 bits per heavy atom. The Morgan fingerprint density at radius 1 is 1.08 bits per heavy atom. The molecule has 140 valence electrons. The largest absolute Gasteiger partial charge is 0.493 e. The fourth-order valence-corrected chi connectivity index (χ4v) is 5.48. The SMILES string of the molecule is CCS(=O)(=O)CCOc1ccc(S(=O)(=O)N2C[C@H]3CNC[C@H]3C2)cc1. The first-order chi connectivity index (χ1) is 11.8. The molecule has 0 saturated carbocycles. The number of sulfonamides is 1. The Hall–Kier alpha value is -1.16. The number of fused-ring (bicyclic) bond motifs is 1. The minimum Gasteiger partial charge on any atom is -0.493 e. The van der Waals surface area contributed by atoms with E-state index < -0.39 is 19.9 Å². The van der Waals surface area contributed by atoms with Crippen LogP contribution in [0.15, 0.2) is 29.2 Å². The normalized spacial score (nSPS) is 24.4. The molecule has 1 N–H and O–H groups in total. The Kier molecular flexibility index (Phi) is 5.38. The summed E-state index contributed by atoms with van der Waals surface area (Å²) in [5.74, 6) is 1.30. The van der Waals surface area contributed by atoms with Crippen molar-refractivity contribution in [3.63, 3.8) is 0 Å². The van der Waals surface area contributed by atoms with Crippen molar-refractivity contribution in [1.29, 1.82) is 0 Å². The Labute approximate surface area is 149 Å². The number of sulfone groups is 1. The highest BCUT2D eigenvalue weighted by Gasteiger charge is 2.41. The van der Waals surface area contributed by atoms with Crippen LogP contribution in [-0.2, 0) is 19.9 Å². The maximum atomic E-state index is 12.7. The zero-order chi connectivity index (χ0) is 18.1. The van der Waals surface area contributed by atoms with Gasteiger partial charge in [-0.15, -0.1) is 0 Å². The van der Waals surface area contributed by atoms with Gasteiger partial charge in [-0.1, -0.05) is 6.92 Å². The van der Waals surface area contributed by atoms with E-state index >= 15 is 0 Å². The predicted molar refractivity (Wildman–Crippen MR) is 94.9 cm³/mol. The van der Waals surface area contributed by atoms with Crippen LogP contribution in [-0.4, -0.2) is 65.4 Å². The second-order valence-electron chi connectivity index (χ2n) is 6.56. The highest BCUT2D eigenvalue weighted by Crippen LogP contribution is 2.31. The van der Waals surface area contributed by atoms with Crippen molar-refractivity contribution in [1.82, 2.24) is 9.62 Å². The van der Waals surface area contributed by atoms with Gasteiger partial charge in [0.1, 0.15) is 12.4 Å². The van der Waals surface area contributed by atoms with E-state index in [-0.39, 0.29) is 23.0 Å². The van der Waals surface area contributed by atoms with Gasteiger partial charge in [0.15, 0.2) is 9.84 Å². The minimum atomic E-state index is -3.49. The van der Waals surface area contributed by atoms with Gasteiger partial charge in [0.25, 0.3) is 0 Å². The second-order valence-corrected chi connectivity index (χ2v) is 11.0. The van der Waals surface area contributed by atoms with Crippen molar-refractivity contribution in [3.8, 4) is 5.75 Å². The van der Waals surface area contributed by atoms with Gasteiger partial charge in [-0.2, -0.15) is 4.31 Å². The molecule has 2 saturated heterocycles. The summed E-state index contributed by atoms with van der Waals surface area (Å²) < 4.78 is 55.3. The average molecular weight is 389 g/mol. The van der Waals surface area contributed by atoms with Crippen molar-refractivity contribution in [2.24, 2.45) is 11.8 Å². The molecule has 25 heavy (non-hydrogen) atoms. The molecule has 3 rings (SSSR count). The third kappa shape index (κ3) is 4.16. The van der Waals surface area contributed by atoms with Gasteiger partial charge in [0, 0.05) is 18.8 Å². The molecular weight excluding hydrogens is 364 g/mol. The smallest absolute Gasteiger partial charge is 0.243 e. The lowest BCUT2D eigenvalue weighted by atomic mass is 10.0. The number of nitrogens with zero attached hydrogens (tertiary/aromatic N) is 1. The highest BCUT2D eigenvalue weighted by molar-refractivity contribution is 7.91. The molecule has 0 bridgehead atoms. The van der Waals surface area contributed by atoms with Crippen LogP contribution in [0.2, 0.25) is 0 Å². The molecule has 2 heterocycles. The van der Waals surface area contributed by atoms with Gasteiger partial charge in [0.05, 0.1) is 10.6 Å². The first-order valence-corrected chi connectivity index (χ1v) is 11.7. The first-order valence-electron chi connectivity index (χ1n) is 8.46. The van der Waals surface area contributed by atoms with Crippen LogP contribution in [0.5, 0.6) is 5.75 Å². The molecule has 0 unspecified atom stereocenters. The van der Waals surface area contributed by atoms with Crippen molar-refractivity contribution in [3.05, 3.63) is 24.3 Å². The third-order valence-electron chi connectivity index (χ3n) is 4.92. The van der Waals surface area contributed by atoms with Crippen LogP contribution in [0.1, 0.15) is 6.92 Å². The monoisotopic (exact) mass is 388 g/mol. The number of hydrogen-bond acceptors (Lipinski definition) is 6. The zero-order valence-electron chi connectivity index (χ0n) is 14.2. The van der Waals surface area contributed by atoms with Gasteiger partial charge in [-0.25, -0.2) is 16.8 Å². The Balaban J connectivity index is 1.61. The van der Waals surface area contributed by atoms with E-state index in [1.807, 2.05) is 0 Å². The van der Waals surface area contributed by atoms with Crippen molar-refractivity contribution >= 4 is 19.9 Å². The molecular formula is C16H24N2O5S2. The number of hydrogen-bond donors (Lipinski definition) is 1. The summed E-state index contributed by atoms with van der Waals surface area (Å²) >= 11 is 0. The minimum absolute atomic E-state index is 0.0475. The first kappa shape index (κ1) is 18.6. The van der Waals surface area contributed by atoms with Gasteiger partial charge in [0.2, 0.25) is 10.0 Å². The molecule has 0 aliphatic carbocycles. The maximum absolute atomic E-state index is 12.7. The lowest BCUT2D eigenvalue weighted by Gasteiger charge is -2.17. The van der Waals surface area contributed by atoms with E-state index in [1.54, 1.807) is 23.4 Å². The summed E-state index contributed by atoms with van der Waals surface area (Å²) in [6.07, 6.45) is 0. The van der Waals surface area contributed by atoms with Crippen molar-refractivity contribution < 1.29 is 21.6 Å². The predicted octanol–water partition coefficient (Wildman–Crippen LogP) is 0.340. The molecule has 7 nitrogen and oxygen atoms in total. The lowest BCUT2D eigenvalue weighted by molar-refractivity contribution is 0.340. The van der Waals surface area contributed by atoms with Gasteiger partial charge in [-0.05, 0) is 49.2 Å². The number of rotatable bonds is 7. The van der Waals surface area contributed by atoms with Crippen molar-refractivity contribution in [2.75, 3.05) is 44.3 Å². The molecule has 9 heteroatoms. The standard InChI is InChI=1S/C16H24N2O5S2/c1-2-24(19,20)8-7-23-15-3-5-16(6-4-15)25(21,22)18-11-13-9-17-10-14(13)12-18/h3-6,13-14,17H,2,7-12H2,1H3/t13-,14+. The summed E-state index contributed by atoms with van der Waals surface area (Å²) in [5, 5.41) is 3.30. The summed E-state index contributed by atoms with van der Waals surface area (Å²) in [6, 6.07) is 6.19. The molecule has 0 amide bonds. The van der Waals surface area contributed by atoms with Crippen LogP contribution in [0.3, 0.4) is 0 Å². The van der Waals surface area contributed by atoms with Gasteiger partial charge in [-0.3, -0.25) is 0 Å². The third-order valence-corrected chi connectivity index (χ3v) is 8.43. The van der Waals surface area contributed by atoms with Crippen LogP contribution >= 0.6 is 0 Å². The summed E-state index contributed by atoms with van der Waals surface area (Å²) in [4.78, 5) is 0.244. The van der Waals surface area contributed by atoms with Gasteiger partial charge < -0.3 is 10.1 Å². The average Bonchev–Trinajstić information content (AvgIpc) is 3.17. The van der Waals surface area contributed by atoms with Crippen LogP contribution < -0.4 is 10.1 Å². The molecule has 2 fully saturated rings. The molecule has 1 aromatic rings. The van der Waals surface area contributed by atoms with E-state index in [9.17, 15) is 16.8 Å². The summed E-state index contributed by atoms with van der Waals surface area (Å²) in [5.41, 5.74) is 0. The van der Waals surface area contributed by atoms with Gasteiger partial charge >= 0.3 is 0 Å². The number of nitrogens with one attached hydrogen (secondary N) is 1. The molecule has 1 aromatic carbocycles. The van der Waals surface area contributed by atoms with E-state index in [2.05, 4.69) is 5.32 Å². The molecule has 0 radical (unpaired) electrons. The highest BCUT2D eigenvalue weighted by atomic mass is 32.2. The quantitative estimate of drug-likeness (QED) is 0.724. The summed E-state index contributed by atoms with van der Waals surface area (Å²) in [7, 11) is -6.56. The second kappa shape index (κ2) is 7.22. The molecule has 0 spiro atoms. The number of ether oxygens (including phenoxy) is 1. The topological polar surface area (TPSA) is 92.8 Å². The zero-order valence-corrected chi connectivity index (χ0v) is 15.9. The number of benzene rings is 1. The Morgan fingerprint density at radius 3 is 2.24 bits per heavy atom. The van der Waals surface area contributed by atoms with Crippen LogP contribution in [0.4, 0.5) is 0 Å². The van der Waals surface area contributed by atoms with Crippen molar-refractivity contribution in [2.45, 2.75) is 11.8 Å². The van der Waals surface area contributed by atoms with E-state index in [1.165, 1.54) is 12.1 Å². The molecule has 2 atom stereocenters. The fourth-order valence-electron chi connectivity index (χ4n) is 3.30. The van der Waals surface area contributed by atoms with E-state index in [0.717, 1.165) is 13.1 Å². The molecule has 2 aliphatic heterocycles. The van der Waals surface area contributed by atoms with Crippen LogP contribution in [0, 0.1) is 11.8 Å². The summed E-state index contributed by atoms with van der Waals surface area (Å²) in [6.45, 7) is 4.54. The lowest BCUT2D eigenvalue weighted by Crippen LogP contribution is -2.31.